The van der Waals surface area contributed by atoms with E-state index in [4.69, 9.17) is 0 Å². The zero-order valence-electron chi connectivity index (χ0n) is 12.5. The predicted molar refractivity (Wildman–Crippen MR) is 88.3 cm³/mol. The molecule has 2 heterocycles. The Bertz CT molecular complexity index is 732. The van der Waals surface area contributed by atoms with Crippen molar-refractivity contribution in [3.8, 4) is 0 Å². The van der Waals surface area contributed by atoms with E-state index in [1.54, 1.807) is 42.9 Å². The fourth-order valence-electron chi connectivity index (χ4n) is 2.53. The number of amides is 1. The van der Waals surface area contributed by atoms with Gasteiger partial charge in [0.25, 0.3) is 5.91 Å². The van der Waals surface area contributed by atoms with Crippen molar-refractivity contribution in [2.45, 2.75) is 12.3 Å². The minimum absolute atomic E-state index is 0.0186. The molecule has 2 aromatic rings. The van der Waals surface area contributed by atoms with Gasteiger partial charge < -0.3 is 9.47 Å². The molecule has 5 heteroatoms. The summed E-state index contributed by atoms with van der Waals surface area (Å²) in [5.41, 5.74) is 3.87. The molecule has 0 bridgehead atoms. The SMILES string of the molecule is CN(C)C(=O)c1cc2c(n1Cc1ccc(F)cc1)C=CSC2. The van der Waals surface area contributed by atoms with Gasteiger partial charge in [-0.25, -0.2) is 4.39 Å². The van der Waals surface area contributed by atoms with Gasteiger partial charge in [0.15, 0.2) is 0 Å². The molecule has 0 radical (unpaired) electrons. The van der Waals surface area contributed by atoms with Crippen LogP contribution >= 0.6 is 11.8 Å². The first-order valence-electron chi connectivity index (χ1n) is 7.03. The van der Waals surface area contributed by atoms with E-state index in [0.717, 1.165) is 17.0 Å². The first kappa shape index (κ1) is 14.9. The third-order valence-corrected chi connectivity index (χ3v) is 4.47. The number of benzene rings is 1. The van der Waals surface area contributed by atoms with Crippen LogP contribution in [0.2, 0.25) is 0 Å². The van der Waals surface area contributed by atoms with Crippen LogP contribution in [0, 0.1) is 5.82 Å². The highest BCUT2D eigenvalue weighted by Crippen LogP contribution is 2.29. The Balaban J connectivity index is 2.04. The number of rotatable bonds is 3. The molecule has 0 spiro atoms. The van der Waals surface area contributed by atoms with E-state index in [9.17, 15) is 9.18 Å². The molecule has 3 nitrogen and oxygen atoms in total. The summed E-state index contributed by atoms with van der Waals surface area (Å²) in [5, 5.41) is 2.05. The van der Waals surface area contributed by atoms with Crippen LogP contribution in [0.15, 0.2) is 35.7 Å². The van der Waals surface area contributed by atoms with E-state index in [-0.39, 0.29) is 11.7 Å². The molecule has 0 saturated heterocycles. The Labute approximate surface area is 133 Å². The van der Waals surface area contributed by atoms with Gasteiger partial charge in [0.1, 0.15) is 11.5 Å². The van der Waals surface area contributed by atoms with Crippen LogP contribution in [0.4, 0.5) is 4.39 Å². The summed E-state index contributed by atoms with van der Waals surface area (Å²) < 4.78 is 15.1. The minimum Gasteiger partial charge on any atom is -0.343 e. The van der Waals surface area contributed by atoms with Crippen LogP contribution in [0.3, 0.4) is 0 Å². The number of carbonyl (C=O) groups excluding carboxylic acids is 1. The first-order chi connectivity index (χ1) is 10.6. The minimum atomic E-state index is -0.251. The van der Waals surface area contributed by atoms with Crippen LogP contribution < -0.4 is 0 Å². The maximum Gasteiger partial charge on any atom is 0.269 e. The van der Waals surface area contributed by atoms with Gasteiger partial charge in [0.05, 0.1) is 0 Å². The summed E-state index contributed by atoms with van der Waals surface area (Å²) in [6.07, 6.45) is 2.04. The van der Waals surface area contributed by atoms with Crippen molar-refractivity contribution in [1.82, 2.24) is 9.47 Å². The highest BCUT2D eigenvalue weighted by molar-refractivity contribution is 8.01. The van der Waals surface area contributed by atoms with Crippen molar-refractivity contribution in [1.29, 1.82) is 0 Å². The second-order valence-corrected chi connectivity index (χ2v) is 6.36. The van der Waals surface area contributed by atoms with Crippen LogP contribution in [0.25, 0.3) is 6.08 Å². The van der Waals surface area contributed by atoms with Gasteiger partial charge >= 0.3 is 0 Å². The molecular weight excluding hydrogens is 299 g/mol. The number of hydrogen-bond donors (Lipinski definition) is 0. The Hall–Kier alpha value is -2.01. The smallest absolute Gasteiger partial charge is 0.269 e. The number of aromatic nitrogens is 1. The van der Waals surface area contributed by atoms with Crippen molar-refractivity contribution in [2.75, 3.05) is 14.1 Å². The molecule has 1 aromatic carbocycles. The zero-order valence-corrected chi connectivity index (χ0v) is 13.4. The normalized spacial score (nSPS) is 13.0. The summed E-state index contributed by atoms with van der Waals surface area (Å²) in [6.45, 7) is 0.555. The standard InChI is InChI=1S/C17H17FN2OS/c1-19(2)17(21)16-9-13-11-22-8-7-15(13)20(16)10-12-3-5-14(18)6-4-12/h3-9H,10-11H2,1-2H3. The molecule has 1 aliphatic rings. The van der Waals surface area contributed by atoms with Crippen LogP contribution in [-0.4, -0.2) is 29.5 Å². The highest BCUT2D eigenvalue weighted by Gasteiger charge is 2.21. The second kappa shape index (κ2) is 6.01. The van der Waals surface area contributed by atoms with Crippen LogP contribution in [0.5, 0.6) is 0 Å². The van der Waals surface area contributed by atoms with E-state index in [1.807, 2.05) is 22.1 Å². The molecule has 0 unspecified atom stereocenters. The Kier molecular flexibility index (Phi) is 4.07. The number of halogens is 1. The maximum atomic E-state index is 13.1. The summed E-state index contributed by atoms with van der Waals surface area (Å²) >= 11 is 1.72. The van der Waals surface area contributed by atoms with Crippen LogP contribution in [-0.2, 0) is 12.3 Å². The van der Waals surface area contributed by atoms with E-state index >= 15 is 0 Å². The second-order valence-electron chi connectivity index (χ2n) is 5.47. The molecule has 1 aliphatic heterocycles. The monoisotopic (exact) mass is 316 g/mol. The average molecular weight is 316 g/mol. The maximum absolute atomic E-state index is 13.1. The van der Waals surface area contributed by atoms with Crippen molar-refractivity contribution < 1.29 is 9.18 Å². The molecule has 1 aromatic heterocycles. The number of nitrogens with zero attached hydrogens (tertiary/aromatic N) is 2. The molecule has 0 atom stereocenters. The summed E-state index contributed by atoms with van der Waals surface area (Å²) in [5.74, 6) is 0.602. The average Bonchev–Trinajstić information content (AvgIpc) is 2.87. The molecule has 0 fully saturated rings. The molecule has 1 amide bonds. The Morgan fingerprint density at radius 2 is 2.05 bits per heavy atom. The summed E-state index contributed by atoms with van der Waals surface area (Å²) in [7, 11) is 3.50. The van der Waals surface area contributed by atoms with Crippen molar-refractivity contribution in [3.63, 3.8) is 0 Å². The van der Waals surface area contributed by atoms with Gasteiger partial charge in [-0.1, -0.05) is 12.1 Å². The third-order valence-electron chi connectivity index (χ3n) is 3.66. The largest absolute Gasteiger partial charge is 0.343 e. The number of carbonyl (C=O) groups is 1. The molecule has 22 heavy (non-hydrogen) atoms. The van der Waals surface area contributed by atoms with E-state index in [0.29, 0.717) is 12.2 Å². The zero-order chi connectivity index (χ0) is 15.7. The van der Waals surface area contributed by atoms with E-state index in [1.165, 1.54) is 17.7 Å². The summed E-state index contributed by atoms with van der Waals surface area (Å²) in [4.78, 5) is 14.0. The number of thioether (sulfide) groups is 1. The van der Waals surface area contributed by atoms with Gasteiger partial charge in [-0.2, -0.15) is 0 Å². The molecule has 0 N–H and O–H groups in total. The quantitative estimate of drug-likeness (QED) is 0.864. The lowest BCUT2D eigenvalue weighted by Crippen LogP contribution is -2.25. The topological polar surface area (TPSA) is 25.2 Å². The van der Waals surface area contributed by atoms with Crippen LogP contribution in [0.1, 0.15) is 27.3 Å². The lowest BCUT2D eigenvalue weighted by atomic mass is 10.2. The molecule has 3 rings (SSSR count). The molecule has 0 aliphatic carbocycles. The van der Waals surface area contributed by atoms with Crippen molar-refractivity contribution in [2.24, 2.45) is 0 Å². The van der Waals surface area contributed by atoms with Gasteiger partial charge in [0.2, 0.25) is 0 Å². The van der Waals surface area contributed by atoms with Gasteiger partial charge in [-0.3, -0.25) is 4.79 Å². The summed E-state index contributed by atoms with van der Waals surface area (Å²) in [6, 6.07) is 8.38. The predicted octanol–water partition coefficient (Wildman–Crippen LogP) is 3.59. The molecule has 114 valence electrons. The van der Waals surface area contributed by atoms with Crippen molar-refractivity contribution in [3.05, 3.63) is 64.1 Å². The van der Waals surface area contributed by atoms with E-state index < -0.39 is 0 Å². The van der Waals surface area contributed by atoms with Gasteiger partial charge in [-0.05, 0) is 40.8 Å². The van der Waals surface area contributed by atoms with Crippen molar-refractivity contribution >= 4 is 23.7 Å². The number of fused-ring (bicyclic) bond motifs is 1. The first-order valence-corrected chi connectivity index (χ1v) is 8.08. The van der Waals surface area contributed by atoms with E-state index in [2.05, 4.69) is 0 Å². The fourth-order valence-corrected chi connectivity index (χ4v) is 3.26. The van der Waals surface area contributed by atoms with Gasteiger partial charge in [-0.15, -0.1) is 11.8 Å². The Morgan fingerprint density at radius 3 is 2.73 bits per heavy atom. The highest BCUT2D eigenvalue weighted by atomic mass is 32.2. The Morgan fingerprint density at radius 1 is 1.32 bits per heavy atom. The fraction of sp³-hybridized carbons (Fsp3) is 0.235. The lowest BCUT2D eigenvalue weighted by molar-refractivity contribution is 0.0817. The molecular formula is C17H17FN2OS. The molecule has 0 saturated carbocycles. The number of hydrogen-bond acceptors (Lipinski definition) is 2. The third kappa shape index (κ3) is 2.81. The van der Waals surface area contributed by atoms with Gasteiger partial charge in [0, 0.05) is 32.1 Å². The lowest BCUT2D eigenvalue weighted by Gasteiger charge is -2.16.